The van der Waals surface area contributed by atoms with Crippen molar-refractivity contribution in [2.24, 2.45) is 11.8 Å². The van der Waals surface area contributed by atoms with E-state index in [1.54, 1.807) is 6.92 Å². The van der Waals surface area contributed by atoms with Crippen molar-refractivity contribution in [3.63, 3.8) is 0 Å². The highest BCUT2D eigenvalue weighted by Crippen LogP contribution is 2.29. The van der Waals surface area contributed by atoms with Crippen molar-refractivity contribution in [1.29, 1.82) is 0 Å². The number of aromatic hydroxyl groups is 1. The highest BCUT2D eigenvalue weighted by atomic mass is 16.6. The van der Waals surface area contributed by atoms with Crippen molar-refractivity contribution in [3.8, 4) is 17.2 Å². The molecule has 0 radical (unpaired) electrons. The first-order valence-corrected chi connectivity index (χ1v) is 11.5. The number of carbonyl (C=O) groups is 2. The summed E-state index contributed by atoms with van der Waals surface area (Å²) in [4.78, 5) is 29.4. The molecule has 0 bridgehead atoms. The van der Waals surface area contributed by atoms with Crippen LogP contribution in [0.1, 0.15) is 51.0 Å². The Morgan fingerprint density at radius 3 is 2.41 bits per heavy atom. The Morgan fingerprint density at radius 2 is 1.76 bits per heavy atom. The predicted octanol–water partition coefficient (Wildman–Crippen LogP) is 4.45. The van der Waals surface area contributed by atoms with Crippen LogP contribution in [0.3, 0.4) is 0 Å². The maximum atomic E-state index is 12.8. The predicted molar refractivity (Wildman–Crippen MR) is 127 cm³/mol. The lowest BCUT2D eigenvalue weighted by molar-refractivity contribution is -0.162. The molecule has 0 unspecified atom stereocenters. The number of hydrogen-bond donors (Lipinski definition) is 1. The Balaban J connectivity index is 2.03. The number of ketones is 1. The van der Waals surface area contributed by atoms with Crippen LogP contribution in [0.5, 0.6) is 17.2 Å². The van der Waals surface area contributed by atoms with Gasteiger partial charge in [0.15, 0.2) is 29.1 Å². The minimum atomic E-state index is -0.762. The van der Waals surface area contributed by atoms with Gasteiger partial charge < -0.3 is 24.1 Å². The van der Waals surface area contributed by atoms with E-state index in [0.717, 1.165) is 6.42 Å². The fourth-order valence-corrected chi connectivity index (χ4v) is 3.10. The molecule has 8 heteroatoms. The summed E-state index contributed by atoms with van der Waals surface area (Å²) in [6.45, 7) is 8.33. The molecule has 0 spiro atoms. The summed E-state index contributed by atoms with van der Waals surface area (Å²) in [5.74, 6) is -0.874. The number of benzene rings is 1. The molecular weight excluding hydrogens is 438 g/mol. The van der Waals surface area contributed by atoms with Gasteiger partial charge in [0.25, 0.3) is 0 Å². The molecule has 0 saturated carbocycles. The molecule has 0 saturated heterocycles. The zero-order valence-electron chi connectivity index (χ0n) is 20.5. The highest BCUT2D eigenvalue weighted by molar-refractivity contribution is 5.99. The zero-order valence-corrected chi connectivity index (χ0v) is 20.5. The molecule has 0 aliphatic carbocycles. The number of Topliss-reactive ketones (excluding diaryl/α,β-unsaturated/α-hetero) is 1. The van der Waals surface area contributed by atoms with E-state index in [1.165, 1.54) is 19.4 Å². The lowest BCUT2D eigenvalue weighted by Crippen LogP contribution is -2.39. The molecule has 0 amide bonds. The SMILES string of the molecule is COc1ccnc(C(=O)C[C@@H](C)C(=O)O[C@H](COCCC(C)C)[C@H](C)Oc2ccccc2)c1O. The van der Waals surface area contributed by atoms with Crippen LogP contribution < -0.4 is 9.47 Å². The minimum Gasteiger partial charge on any atom is -0.503 e. The van der Waals surface area contributed by atoms with E-state index in [0.29, 0.717) is 18.3 Å². The van der Waals surface area contributed by atoms with E-state index in [9.17, 15) is 14.7 Å². The third kappa shape index (κ3) is 8.33. The molecule has 1 aromatic heterocycles. The highest BCUT2D eigenvalue weighted by Gasteiger charge is 2.29. The Kier molecular flexibility index (Phi) is 10.8. The van der Waals surface area contributed by atoms with Gasteiger partial charge in [0.05, 0.1) is 19.6 Å². The Hall–Kier alpha value is -3.13. The van der Waals surface area contributed by atoms with Gasteiger partial charge in [-0.3, -0.25) is 9.59 Å². The van der Waals surface area contributed by atoms with Crippen LogP contribution in [0.15, 0.2) is 42.6 Å². The van der Waals surface area contributed by atoms with Gasteiger partial charge in [-0.2, -0.15) is 0 Å². The smallest absolute Gasteiger partial charge is 0.309 e. The van der Waals surface area contributed by atoms with Gasteiger partial charge >= 0.3 is 5.97 Å². The van der Waals surface area contributed by atoms with Crippen molar-refractivity contribution in [2.75, 3.05) is 20.3 Å². The van der Waals surface area contributed by atoms with Crippen molar-refractivity contribution in [1.82, 2.24) is 4.98 Å². The van der Waals surface area contributed by atoms with E-state index in [-0.39, 0.29) is 30.2 Å². The van der Waals surface area contributed by atoms with Gasteiger partial charge in [0, 0.05) is 25.3 Å². The fraction of sp³-hybridized carbons (Fsp3) is 0.500. The molecule has 34 heavy (non-hydrogen) atoms. The maximum Gasteiger partial charge on any atom is 0.309 e. The lowest BCUT2D eigenvalue weighted by Gasteiger charge is -2.26. The molecule has 1 aromatic carbocycles. The van der Waals surface area contributed by atoms with E-state index in [2.05, 4.69) is 18.8 Å². The number of para-hydroxylation sites is 1. The Morgan fingerprint density at radius 1 is 1.06 bits per heavy atom. The molecule has 2 rings (SSSR count). The molecule has 8 nitrogen and oxygen atoms in total. The van der Waals surface area contributed by atoms with Gasteiger partial charge in [-0.25, -0.2) is 4.98 Å². The van der Waals surface area contributed by atoms with E-state index < -0.39 is 29.9 Å². The monoisotopic (exact) mass is 473 g/mol. The van der Waals surface area contributed by atoms with Crippen LogP contribution >= 0.6 is 0 Å². The van der Waals surface area contributed by atoms with Crippen LogP contribution in [0.2, 0.25) is 0 Å². The van der Waals surface area contributed by atoms with Crippen LogP contribution in [0.25, 0.3) is 0 Å². The standard InChI is InChI=1S/C26H35NO7/c1-17(2)12-14-32-16-23(19(4)33-20-9-7-6-8-10-20)34-26(30)18(3)15-21(28)24-25(29)22(31-5)11-13-27-24/h6-11,13,17-19,23,29H,12,14-16H2,1-5H3/t18-,19+,23-/m1/s1. The summed E-state index contributed by atoms with van der Waals surface area (Å²) >= 11 is 0. The number of ether oxygens (including phenoxy) is 4. The summed E-state index contributed by atoms with van der Waals surface area (Å²) in [6, 6.07) is 10.7. The van der Waals surface area contributed by atoms with E-state index in [1.807, 2.05) is 37.3 Å². The van der Waals surface area contributed by atoms with Crippen molar-refractivity contribution in [3.05, 3.63) is 48.3 Å². The molecule has 1 N–H and O–H groups in total. The summed E-state index contributed by atoms with van der Waals surface area (Å²) in [5, 5.41) is 10.2. The van der Waals surface area contributed by atoms with Gasteiger partial charge in [-0.15, -0.1) is 0 Å². The average Bonchev–Trinajstić information content (AvgIpc) is 2.81. The zero-order chi connectivity index (χ0) is 25.1. The average molecular weight is 474 g/mol. The lowest BCUT2D eigenvalue weighted by atomic mass is 10.0. The van der Waals surface area contributed by atoms with E-state index in [4.69, 9.17) is 18.9 Å². The Labute approximate surface area is 201 Å². The summed E-state index contributed by atoms with van der Waals surface area (Å²) < 4.78 is 22.4. The molecule has 3 atom stereocenters. The molecule has 0 aliphatic rings. The number of rotatable bonds is 14. The van der Waals surface area contributed by atoms with Crippen LogP contribution in [0.4, 0.5) is 0 Å². The van der Waals surface area contributed by atoms with Crippen molar-refractivity contribution in [2.45, 2.75) is 52.7 Å². The molecular formula is C26H35NO7. The first-order chi connectivity index (χ1) is 16.2. The van der Waals surface area contributed by atoms with Gasteiger partial charge in [-0.1, -0.05) is 39.0 Å². The molecule has 0 fully saturated rings. The molecule has 186 valence electrons. The topological polar surface area (TPSA) is 104 Å². The van der Waals surface area contributed by atoms with Crippen LogP contribution in [-0.2, 0) is 14.3 Å². The maximum absolute atomic E-state index is 12.8. The fourth-order valence-electron chi connectivity index (χ4n) is 3.10. The number of methoxy groups -OCH3 is 1. The minimum absolute atomic E-state index is 0.138. The number of esters is 1. The second-order valence-electron chi connectivity index (χ2n) is 8.61. The van der Waals surface area contributed by atoms with Gasteiger partial charge in [0.2, 0.25) is 0 Å². The third-order valence-corrected chi connectivity index (χ3v) is 5.24. The number of carbonyl (C=O) groups excluding carboxylic acids is 2. The molecule has 0 aliphatic heterocycles. The molecule has 2 aromatic rings. The second kappa shape index (κ2) is 13.5. The van der Waals surface area contributed by atoms with Gasteiger partial charge in [-0.05, 0) is 31.4 Å². The van der Waals surface area contributed by atoms with Crippen molar-refractivity contribution >= 4 is 11.8 Å². The first-order valence-electron chi connectivity index (χ1n) is 11.5. The number of pyridine rings is 1. The van der Waals surface area contributed by atoms with Gasteiger partial charge in [0.1, 0.15) is 11.9 Å². The van der Waals surface area contributed by atoms with Crippen molar-refractivity contribution < 1.29 is 33.6 Å². The number of nitrogens with zero attached hydrogens (tertiary/aromatic N) is 1. The number of hydrogen-bond acceptors (Lipinski definition) is 8. The van der Waals surface area contributed by atoms with Crippen LogP contribution in [0, 0.1) is 11.8 Å². The Bertz CT molecular complexity index is 917. The summed E-state index contributed by atoms with van der Waals surface area (Å²) in [7, 11) is 1.38. The molecule has 1 heterocycles. The summed E-state index contributed by atoms with van der Waals surface area (Å²) in [6.07, 6.45) is 0.929. The largest absolute Gasteiger partial charge is 0.503 e. The second-order valence-corrected chi connectivity index (χ2v) is 8.61. The first kappa shape index (κ1) is 27.1. The third-order valence-electron chi connectivity index (χ3n) is 5.24. The summed E-state index contributed by atoms with van der Waals surface area (Å²) in [5.41, 5.74) is -0.145. The van der Waals surface area contributed by atoms with Crippen LogP contribution in [-0.4, -0.2) is 54.4 Å². The quantitative estimate of drug-likeness (QED) is 0.244. The number of aromatic nitrogens is 1. The normalized spacial score (nSPS) is 13.7. The van der Waals surface area contributed by atoms with E-state index >= 15 is 0 Å².